The Kier molecular flexibility index (Phi) is 23.7. The molecule has 75 heavy (non-hydrogen) atoms. The molecule has 0 radical (unpaired) electrons. The van der Waals surface area contributed by atoms with Gasteiger partial charge in [-0.3, -0.25) is 48.3 Å². The molecule has 1 aliphatic rings. The van der Waals surface area contributed by atoms with E-state index in [1.807, 2.05) is 24.3 Å². The van der Waals surface area contributed by atoms with Crippen molar-refractivity contribution in [1.29, 1.82) is 0 Å². The third-order valence-corrected chi connectivity index (χ3v) is 12.1. The van der Waals surface area contributed by atoms with Crippen molar-refractivity contribution < 1.29 is 42.7 Å². The van der Waals surface area contributed by atoms with Crippen molar-refractivity contribution in [3.63, 3.8) is 0 Å². The number of para-hydroxylation sites is 1. The summed E-state index contributed by atoms with van der Waals surface area (Å²) in [5.74, 6) is -7.33. The largest absolute Gasteiger partial charge is 0.401 e. The number of amides is 8. The van der Waals surface area contributed by atoms with Crippen molar-refractivity contribution in [2.45, 2.75) is 120 Å². The first-order chi connectivity index (χ1) is 35.8. The van der Waals surface area contributed by atoms with Crippen LogP contribution in [0.4, 0.5) is 4.39 Å². The van der Waals surface area contributed by atoms with Crippen LogP contribution >= 0.6 is 0 Å². The average molecular weight is 1050 g/mol. The predicted octanol–water partition coefficient (Wildman–Crippen LogP) is -2.88. The first kappa shape index (κ1) is 59.3. The summed E-state index contributed by atoms with van der Waals surface area (Å²) in [4.78, 5) is 122. The number of rotatable bonds is 18. The lowest BCUT2D eigenvalue weighted by molar-refractivity contribution is -0.135. The van der Waals surface area contributed by atoms with E-state index in [2.05, 4.69) is 64.1 Å². The topological polar surface area (TPSA) is 429 Å². The van der Waals surface area contributed by atoms with Gasteiger partial charge in [0.2, 0.25) is 47.3 Å². The summed E-state index contributed by atoms with van der Waals surface area (Å²) in [6.45, 7) is 5.10. The molecule has 0 saturated carbocycles. The molecule has 1 aliphatic heterocycles. The lowest BCUT2D eigenvalue weighted by atomic mass is 10.0. The van der Waals surface area contributed by atoms with Crippen LogP contribution in [0.2, 0.25) is 0 Å². The van der Waals surface area contributed by atoms with Crippen molar-refractivity contribution in [3.05, 3.63) is 83.9 Å². The van der Waals surface area contributed by atoms with Gasteiger partial charge in [-0.25, -0.2) is 4.39 Å². The number of guanidine groups is 2. The number of aliphatic imine (C=N–C) groups is 2. The number of nitrogens with one attached hydrogen (secondary N) is 9. The SMILES string of the molecule is C=C(N)[C@@H]1CCCNC(=O)CC[C@H](NC(=O)[C@H](CCCN=C(N)N)NC(C)=O)C(=O)N[C@@H](CCN)C(=O)N[C@H](Cc2ccccc2F)C(=O)N[C@@H](CCCN=C(N)N)C(=O)N[C@@H](Cc2c[nH]c3ccccc23)C(=O)N1. The van der Waals surface area contributed by atoms with Crippen LogP contribution in [0.3, 0.4) is 0 Å². The molecule has 26 heteroatoms. The monoisotopic (exact) mass is 1050 g/mol. The van der Waals surface area contributed by atoms with Crippen molar-refractivity contribution >= 4 is 70.1 Å². The Morgan fingerprint density at radius 2 is 1.31 bits per heavy atom. The Morgan fingerprint density at radius 1 is 0.733 bits per heavy atom. The maximum absolute atomic E-state index is 15.3. The van der Waals surface area contributed by atoms with Gasteiger partial charge in [-0.05, 0) is 81.2 Å². The molecule has 8 amide bonds. The number of aromatic amines is 1. The highest BCUT2D eigenvalue weighted by Gasteiger charge is 2.35. The zero-order chi connectivity index (χ0) is 55.0. The summed E-state index contributed by atoms with van der Waals surface area (Å²) in [5, 5.41) is 22.2. The van der Waals surface area contributed by atoms with Crippen LogP contribution in [0, 0.1) is 5.82 Å². The fraction of sp³-hybridized carbons (Fsp3) is 0.469. The van der Waals surface area contributed by atoms with E-state index in [9.17, 15) is 38.4 Å². The number of nitrogens with two attached hydrogens (primary N) is 6. The van der Waals surface area contributed by atoms with E-state index in [0.717, 1.165) is 17.0 Å². The van der Waals surface area contributed by atoms with Crippen LogP contribution in [0.25, 0.3) is 10.9 Å². The summed E-state index contributed by atoms with van der Waals surface area (Å²) in [6.07, 6.45) is 1.15. The Morgan fingerprint density at radius 3 is 1.95 bits per heavy atom. The molecule has 1 fully saturated rings. The Balaban J connectivity index is 1.77. The molecule has 0 spiro atoms. The third-order valence-electron chi connectivity index (χ3n) is 12.1. The molecular formula is C49H72FN17O8. The van der Waals surface area contributed by atoms with Gasteiger partial charge in [0.05, 0.1) is 6.04 Å². The minimum Gasteiger partial charge on any atom is -0.401 e. The predicted molar refractivity (Wildman–Crippen MR) is 280 cm³/mol. The number of fused-ring (bicyclic) bond motifs is 1. The molecule has 0 aliphatic carbocycles. The van der Waals surface area contributed by atoms with Gasteiger partial charge in [0.15, 0.2) is 11.9 Å². The molecule has 1 saturated heterocycles. The lowest BCUT2D eigenvalue weighted by Gasteiger charge is -2.28. The van der Waals surface area contributed by atoms with Crippen LogP contribution in [0.1, 0.15) is 75.8 Å². The summed E-state index contributed by atoms with van der Waals surface area (Å²) < 4.78 is 15.3. The molecule has 2 heterocycles. The van der Waals surface area contributed by atoms with E-state index in [1.54, 1.807) is 6.20 Å². The van der Waals surface area contributed by atoms with Crippen molar-refractivity contribution in [2.24, 2.45) is 44.4 Å². The van der Waals surface area contributed by atoms with E-state index < -0.39 is 102 Å². The standard InChI is InChI=1S/C49H72FN17O8/c1-27(52)33-14-7-21-57-41(69)18-17-37(64-42(70)35(61-28(2)68)15-8-22-58-48(53)54)44(72)65-38(19-20-51)45(73)66-39(24-29-10-3-5-12-32(29)50)47(75)63-36(16-9-23-59-49(55)56)43(71)67-40(46(74)62-33)25-30-26-60-34-13-6-4-11-31(30)34/h3-6,10-13,26,33,35-40,60H,1,7-9,14-25,51-52H2,2H3,(H,57,69)(H,61,68)(H,62,74)(H,63,75)(H,64,70)(H,65,72)(H,66,73)(H,67,71)(H4,53,54,58)(H4,55,56,59)/t33-,35-,36-,37-,38-,39+,40-/m0/s1. The number of nitrogens with zero attached hydrogens (tertiary/aromatic N) is 2. The number of benzene rings is 2. The third kappa shape index (κ3) is 19.9. The maximum Gasteiger partial charge on any atom is 0.243 e. The zero-order valence-corrected chi connectivity index (χ0v) is 42.1. The molecule has 0 bridgehead atoms. The maximum atomic E-state index is 15.3. The van der Waals surface area contributed by atoms with Crippen LogP contribution in [-0.2, 0) is 51.2 Å². The summed E-state index contributed by atoms with van der Waals surface area (Å²) in [7, 11) is 0. The molecule has 21 N–H and O–H groups in total. The second-order valence-corrected chi connectivity index (χ2v) is 18.1. The molecule has 3 aromatic rings. The van der Waals surface area contributed by atoms with Gasteiger partial charge in [-0.15, -0.1) is 0 Å². The normalized spacial score (nSPS) is 21.1. The van der Waals surface area contributed by atoms with Gasteiger partial charge in [0.1, 0.15) is 42.1 Å². The molecule has 7 atom stereocenters. The van der Waals surface area contributed by atoms with Crippen molar-refractivity contribution in [1.82, 2.24) is 47.5 Å². The number of halogens is 1. The van der Waals surface area contributed by atoms with E-state index in [1.165, 1.54) is 25.1 Å². The quantitative estimate of drug-likeness (QED) is 0.0346. The summed E-state index contributed by atoms with van der Waals surface area (Å²) in [6, 6.07) is 3.55. The van der Waals surface area contributed by atoms with Crippen molar-refractivity contribution in [3.8, 4) is 0 Å². The molecule has 4 rings (SSSR count). The molecule has 0 unspecified atom stereocenters. The second kappa shape index (κ2) is 30.0. The number of carbonyl (C=O) groups excluding carboxylic acids is 8. The zero-order valence-electron chi connectivity index (χ0n) is 42.1. The molecule has 408 valence electrons. The van der Waals surface area contributed by atoms with E-state index in [0.29, 0.717) is 5.56 Å². The first-order valence-electron chi connectivity index (χ1n) is 24.7. The minimum atomic E-state index is -1.61. The smallest absolute Gasteiger partial charge is 0.243 e. The number of hydrogen-bond donors (Lipinski definition) is 15. The fourth-order valence-electron chi connectivity index (χ4n) is 8.20. The first-order valence-corrected chi connectivity index (χ1v) is 24.7. The van der Waals surface area contributed by atoms with Gasteiger partial charge >= 0.3 is 0 Å². The number of carbonyl (C=O) groups is 8. The van der Waals surface area contributed by atoms with Crippen LogP contribution in [-0.4, -0.2) is 133 Å². The highest BCUT2D eigenvalue weighted by molar-refractivity contribution is 5.97. The van der Waals surface area contributed by atoms with Crippen LogP contribution in [0.15, 0.2) is 77.0 Å². The Labute approximate surface area is 433 Å². The van der Waals surface area contributed by atoms with Crippen LogP contribution in [0.5, 0.6) is 0 Å². The summed E-state index contributed by atoms with van der Waals surface area (Å²) in [5.41, 5.74) is 35.6. The number of H-pyrrole nitrogens is 1. The molecule has 25 nitrogen and oxygen atoms in total. The van der Waals surface area contributed by atoms with Gasteiger partial charge in [0, 0.05) is 68.6 Å². The number of hydrogen-bond acceptors (Lipinski definition) is 12. The fourth-order valence-corrected chi connectivity index (χ4v) is 8.20. The van der Waals surface area contributed by atoms with E-state index >= 15 is 4.39 Å². The van der Waals surface area contributed by atoms with E-state index in [-0.39, 0.29) is 114 Å². The highest BCUT2D eigenvalue weighted by atomic mass is 19.1. The number of aromatic nitrogens is 1. The van der Waals surface area contributed by atoms with Gasteiger partial charge < -0.3 is 81.9 Å². The lowest BCUT2D eigenvalue weighted by Crippen LogP contribution is -2.60. The minimum absolute atomic E-state index is 0.00284. The average Bonchev–Trinajstić information content (AvgIpc) is 3.77. The highest BCUT2D eigenvalue weighted by Crippen LogP contribution is 2.20. The van der Waals surface area contributed by atoms with Gasteiger partial charge in [-0.1, -0.05) is 43.0 Å². The Hall–Kier alpha value is -8.29. The molecular weight excluding hydrogens is 974 g/mol. The van der Waals surface area contributed by atoms with Crippen molar-refractivity contribution in [2.75, 3.05) is 26.2 Å². The second-order valence-electron chi connectivity index (χ2n) is 18.1. The van der Waals surface area contributed by atoms with Crippen LogP contribution < -0.4 is 76.9 Å². The molecule has 2 aromatic carbocycles. The van der Waals surface area contributed by atoms with E-state index in [4.69, 9.17) is 34.4 Å². The Bertz CT molecular complexity index is 2550. The summed E-state index contributed by atoms with van der Waals surface area (Å²) >= 11 is 0. The van der Waals surface area contributed by atoms with Gasteiger partial charge in [0.25, 0.3) is 0 Å². The molecule has 1 aromatic heterocycles. The van der Waals surface area contributed by atoms with Gasteiger partial charge in [-0.2, -0.15) is 0 Å².